The highest BCUT2D eigenvalue weighted by Crippen LogP contribution is 2.14. The highest BCUT2D eigenvalue weighted by Gasteiger charge is 2.24. The molecule has 0 saturated carbocycles. The van der Waals surface area contributed by atoms with Gasteiger partial charge < -0.3 is 25.0 Å². The second-order valence-electron chi connectivity index (χ2n) is 8.18. The Balaban J connectivity index is 1.65. The van der Waals surface area contributed by atoms with E-state index in [4.69, 9.17) is 9.47 Å². The minimum atomic E-state index is -0.623. The number of amides is 3. The Hall–Kier alpha value is -2.77. The molecule has 0 atom stereocenters. The molecule has 1 aromatic rings. The number of piperidine rings is 1. The fourth-order valence-electron chi connectivity index (χ4n) is 2.89. The SMILES string of the molecule is Cc1ccc(OCC(=O)N2CCC(NC(=O)CNC(=O)OC(C)(C)C)CC2)cc1. The van der Waals surface area contributed by atoms with Crippen LogP contribution in [0.1, 0.15) is 39.2 Å². The molecule has 1 saturated heterocycles. The number of aryl methyl sites for hydroxylation is 1. The summed E-state index contributed by atoms with van der Waals surface area (Å²) in [5, 5.41) is 5.32. The molecule has 0 aromatic heterocycles. The fourth-order valence-corrected chi connectivity index (χ4v) is 2.89. The summed E-state index contributed by atoms with van der Waals surface area (Å²) in [5.74, 6) is 0.328. The number of carbonyl (C=O) groups excluding carboxylic acids is 3. The Bertz CT molecular complexity index is 704. The van der Waals surface area contributed by atoms with E-state index < -0.39 is 11.7 Å². The number of hydrogen-bond acceptors (Lipinski definition) is 5. The normalized spacial score (nSPS) is 14.8. The Morgan fingerprint density at radius 1 is 1.10 bits per heavy atom. The van der Waals surface area contributed by atoms with E-state index >= 15 is 0 Å². The van der Waals surface area contributed by atoms with Gasteiger partial charge >= 0.3 is 6.09 Å². The van der Waals surface area contributed by atoms with Crippen LogP contribution in [0, 0.1) is 6.92 Å². The lowest BCUT2D eigenvalue weighted by Gasteiger charge is -2.32. The van der Waals surface area contributed by atoms with Gasteiger partial charge in [-0.2, -0.15) is 0 Å². The molecule has 3 amide bonds. The summed E-state index contributed by atoms with van der Waals surface area (Å²) in [6.07, 6.45) is 0.699. The molecule has 0 aliphatic carbocycles. The van der Waals surface area contributed by atoms with Crippen molar-refractivity contribution in [3.05, 3.63) is 29.8 Å². The van der Waals surface area contributed by atoms with Gasteiger partial charge in [0.1, 0.15) is 17.9 Å². The van der Waals surface area contributed by atoms with Crippen molar-refractivity contribution in [3.63, 3.8) is 0 Å². The number of alkyl carbamates (subject to hydrolysis) is 1. The minimum Gasteiger partial charge on any atom is -0.484 e. The molecule has 1 aliphatic heterocycles. The van der Waals surface area contributed by atoms with E-state index in [2.05, 4.69) is 10.6 Å². The molecule has 160 valence electrons. The van der Waals surface area contributed by atoms with Crippen molar-refractivity contribution in [1.82, 2.24) is 15.5 Å². The highest BCUT2D eigenvalue weighted by molar-refractivity contribution is 5.82. The molecular formula is C21H31N3O5. The van der Waals surface area contributed by atoms with E-state index in [1.54, 1.807) is 25.7 Å². The van der Waals surface area contributed by atoms with Crippen molar-refractivity contribution >= 4 is 17.9 Å². The Kier molecular flexibility index (Phi) is 7.87. The maximum absolute atomic E-state index is 12.3. The van der Waals surface area contributed by atoms with Gasteiger partial charge in [0.25, 0.3) is 5.91 Å². The predicted octanol–water partition coefficient (Wildman–Crippen LogP) is 2.01. The topological polar surface area (TPSA) is 97.0 Å². The zero-order valence-electron chi connectivity index (χ0n) is 17.6. The first-order valence-corrected chi connectivity index (χ1v) is 9.86. The summed E-state index contributed by atoms with van der Waals surface area (Å²) in [4.78, 5) is 37.6. The highest BCUT2D eigenvalue weighted by atomic mass is 16.6. The van der Waals surface area contributed by atoms with Crippen molar-refractivity contribution in [2.24, 2.45) is 0 Å². The van der Waals surface area contributed by atoms with Gasteiger partial charge in [0.2, 0.25) is 5.91 Å². The monoisotopic (exact) mass is 405 g/mol. The van der Waals surface area contributed by atoms with E-state index in [0.29, 0.717) is 31.7 Å². The second kappa shape index (κ2) is 10.1. The third kappa shape index (κ3) is 8.41. The predicted molar refractivity (Wildman–Crippen MR) is 109 cm³/mol. The van der Waals surface area contributed by atoms with Crippen molar-refractivity contribution in [1.29, 1.82) is 0 Å². The number of likely N-dealkylation sites (tertiary alicyclic amines) is 1. The van der Waals surface area contributed by atoms with Crippen LogP contribution in [0.25, 0.3) is 0 Å². The number of nitrogens with zero attached hydrogens (tertiary/aromatic N) is 1. The average Bonchev–Trinajstić information content (AvgIpc) is 2.65. The zero-order chi connectivity index (χ0) is 21.4. The summed E-state index contributed by atoms with van der Waals surface area (Å²) >= 11 is 0. The van der Waals surface area contributed by atoms with Gasteiger partial charge in [-0.05, 0) is 52.7 Å². The van der Waals surface area contributed by atoms with Gasteiger partial charge in [0.05, 0.1) is 0 Å². The van der Waals surface area contributed by atoms with Crippen LogP contribution in [0.3, 0.4) is 0 Å². The van der Waals surface area contributed by atoms with E-state index in [0.717, 1.165) is 5.56 Å². The van der Waals surface area contributed by atoms with Crippen molar-refractivity contribution in [3.8, 4) is 5.75 Å². The lowest BCUT2D eigenvalue weighted by atomic mass is 10.0. The third-order valence-corrected chi connectivity index (χ3v) is 4.39. The van der Waals surface area contributed by atoms with Gasteiger partial charge in [0.15, 0.2) is 6.61 Å². The molecular weight excluding hydrogens is 374 g/mol. The van der Waals surface area contributed by atoms with Gasteiger partial charge in [-0.25, -0.2) is 4.79 Å². The van der Waals surface area contributed by atoms with Crippen molar-refractivity contribution in [2.75, 3.05) is 26.2 Å². The van der Waals surface area contributed by atoms with Gasteiger partial charge in [-0.3, -0.25) is 9.59 Å². The Labute approximate surface area is 171 Å². The van der Waals surface area contributed by atoms with Crippen LogP contribution >= 0.6 is 0 Å². The molecule has 0 radical (unpaired) electrons. The molecule has 8 heteroatoms. The minimum absolute atomic E-state index is 0.000104. The van der Waals surface area contributed by atoms with Crippen LogP contribution in [-0.4, -0.2) is 60.7 Å². The number of rotatable bonds is 6. The first kappa shape index (κ1) is 22.5. The fraction of sp³-hybridized carbons (Fsp3) is 0.571. The molecule has 1 aliphatic rings. The third-order valence-electron chi connectivity index (χ3n) is 4.39. The molecule has 2 N–H and O–H groups in total. The molecule has 2 rings (SSSR count). The molecule has 0 unspecified atom stereocenters. The van der Waals surface area contributed by atoms with E-state index in [9.17, 15) is 14.4 Å². The smallest absolute Gasteiger partial charge is 0.408 e. The first-order chi connectivity index (χ1) is 13.6. The number of carbonyl (C=O) groups is 3. The van der Waals surface area contributed by atoms with Crippen LogP contribution in [0.5, 0.6) is 5.75 Å². The lowest BCUT2D eigenvalue weighted by Crippen LogP contribution is -2.49. The Morgan fingerprint density at radius 3 is 2.31 bits per heavy atom. The molecule has 1 heterocycles. The lowest BCUT2D eigenvalue weighted by molar-refractivity contribution is -0.134. The number of benzene rings is 1. The second-order valence-corrected chi connectivity index (χ2v) is 8.18. The van der Waals surface area contributed by atoms with Crippen LogP contribution in [0.2, 0.25) is 0 Å². The van der Waals surface area contributed by atoms with Gasteiger partial charge in [-0.15, -0.1) is 0 Å². The van der Waals surface area contributed by atoms with Crippen LogP contribution in [-0.2, 0) is 14.3 Å². The van der Waals surface area contributed by atoms with Crippen LogP contribution in [0.4, 0.5) is 4.79 Å². The molecule has 8 nitrogen and oxygen atoms in total. The zero-order valence-corrected chi connectivity index (χ0v) is 17.6. The number of ether oxygens (including phenoxy) is 2. The summed E-state index contributed by atoms with van der Waals surface area (Å²) in [7, 11) is 0. The molecule has 0 spiro atoms. The summed E-state index contributed by atoms with van der Waals surface area (Å²) in [6.45, 7) is 8.24. The largest absolute Gasteiger partial charge is 0.484 e. The van der Waals surface area contributed by atoms with Crippen LogP contribution in [0.15, 0.2) is 24.3 Å². The number of nitrogens with one attached hydrogen (secondary N) is 2. The van der Waals surface area contributed by atoms with Crippen molar-refractivity contribution in [2.45, 2.75) is 52.2 Å². The molecule has 1 fully saturated rings. The summed E-state index contributed by atoms with van der Waals surface area (Å²) < 4.78 is 10.6. The van der Waals surface area contributed by atoms with E-state index in [-0.39, 0.29) is 31.0 Å². The maximum atomic E-state index is 12.3. The quantitative estimate of drug-likeness (QED) is 0.755. The Morgan fingerprint density at radius 2 is 1.72 bits per heavy atom. The van der Waals surface area contributed by atoms with Gasteiger partial charge in [0, 0.05) is 19.1 Å². The van der Waals surface area contributed by atoms with Crippen LogP contribution < -0.4 is 15.4 Å². The van der Waals surface area contributed by atoms with Crippen molar-refractivity contribution < 1.29 is 23.9 Å². The average molecular weight is 405 g/mol. The van der Waals surface area contributed by atoms with E-state index in [1.165, 1.54) is 0 Å². The summed E-state index contributed by atoms with van der Waals surface area (Å²) in [5.41, 5.74) is 0.525. The molecule has 1 aromatic carbocycles. The first-order valence-electron chi connectivity index (χ1n) is 9.86. The number of hydrogen-bond donors (Lipinski definition) is 2. The maximum Gasteiger partial charge on any atom is 0.408 e. The molecule has 29 heavy (non-hydrogen) atoms. The van der Waals surface area contributed by atoms with E-state index in [1.807, 2.05) is 31.2 Å². The molecule has 0 bridgehead atoms. The summed E-state index contributed by atoms with van der Waals surface area (Å²) in [6, 6.07) is 7.54. The van der Waals surface area contributed by atoms with Gasteiger partial charge in [-0.1, -0.05) is 17.7 Å². The standard InChI is InChI=1S/C21H31N3O5/c1-15-5-7-17(8-6-15)28-14-19(26)24-11-9-16(10-12-24)23-18(25)13-22-20(27)29-21(2,3)4/h5-8,16H,9-14H2,1-4H3,(H,22,27)(H,23,25).